The van der Waals surface area contributed by atoms with E-state index in [1.807, 2.05) is 0 Å². The molecule has 1 aromatic carbocycles. The Balaban J connectivity index is 0.00000162. The molecule has 2 aromatic rings. The van der Waals surface area contributed by atoms with Gasteiger partial charge in [0.05, 0.1) is 5.56 Å². The maximum atomic E-state index is 12.5. The first-order valence-electron chi connectivity index (χ1n) is 4.33. The molecule has 5 nitrogen and oxygen atoms in total. The molecular formula is C9H8ClF3N4O. The standard InChI is InChI=1S/C9H5ClF3N3O.H3N/c10-6-2-4(7-15-8(14)16-17-7)1-5(3-6)9(11,12)13;/h1-3H,(H2,14,16);1H3. The summed E-state index contributed by atoms with van der Waals surface area (Å²) >= 11 is 5.59. The fraction of sp³-hybridized carbons (Fsp3) is 0.111. The summed E-state index contributed by atoms with van der Waals surface area (Å²) in [7, 11) is 0. The van der Waals surface area contributed by atoms with Crippen molar-refractivity contribution in [3.8, 4) is 11.5 Å². The lowest BCUT2D eigenvalue weighted by Crippen LogP contribution is -2.04. The van der Waals surface area contributed by atoms with Gasteiger partial charge >= 0.3 is 6.18 Å². The predicted molar refractivity (Wildman–Crippen MR) is 59.2 cm³/mol. The Morgan fingerprint density at radius 3 is 2.39 bits per heavy atom. The second kappa shape index (κ2) is 4.83. The van der Waals surface area contributed by atoms with Gasteiger partial charge in [-0.3, -0.25) is 0 Å². The summed E-state index contributed by atoms with van der Waals surface area (Å²) < 4.78 is 42.2. The number of nitrogens with two attached hydrogens (primary N) is 1. The van der Waals surface area contributed by atoms with Crippen LogP contribution in [-0.2, 0) is 6.18 Å². The minimum absolute atomic E-state index is 0. The second-order valence-electron chi connectivity index (χ2n) is 3.18. The van der Waals surface area contributed by atoms with Crippen molar-refractivity contribution in [2.24, 2.45) is 0 Å². The first-order chi connectivity index (χ1) is 7.86. The zero-order valence-electron chi connectivity index (χ0n) is 8.83. The van der Waals surface area contributed by atoms with Crippen LogP contribution in [0.2, 0.25) is 5.02 Å². The highest BCUT2D eigenvalue weighted by atomic mass is 35.5. The van der Waals surface area contributed by atoms with Gasteiger partial charge < -0.3 is 16.4 Å². The van der Waals surface area contributed by atoms with Crippen LogP contribution in [0.3, 0.4) is 0 Å². The lowest BCUT2D eigenvalue weighted by Gasteiger charge is -2.07. The highest BCUT2D eigenvalue weighted by Gasteiger charge is 2.31. The molecule has 0 atom stereocenters. The van der Waals surface area contributed by atoms with Gasteiger partial charge in [0.2, 0.25) is 0 Å². The van der Waals surface area contributed by atoms with Gasteiger partial charge in [0.25, 0.3) is 11.8 Å². The molecule has 0 bridgehead atoms. The van der Waals surface area contributed by atoms with Crippen molar-refractivity contribution in [1.29, 1.82) is 0 Å². The monoisotopic (exact) mass is 280 g/mol. The zero-order chi connectivity index (χ0) is 12.6. The highest BCUT2D eigenvalue weighted by Crippen LogP contribution is 2.34. The molecule has 2 rings (SSSR count). The van der Waals surface area contributed by atoms with Crippen molar-refractivity contribution in [3.05, 3.63) is 28.8 Å². The van der Waals surface area contributed by atoms with Crippen LogP contribution in [0.1, 0.15) is 5.56 Å². The van der Waals surface area contributed by atoms with Gasteiger partial charge in [-0.2, -0.15) is 18.2 Å². The number of hydrogen-bond acceptors (Lipinski definition) is 5. The van der Waals surface area contributed by atoms with Crippen LogP contribution >= 0.6 is 11.6 Å². The number of halogens is 4. The molecule has 0 aliphatic rings. The molecule has 9 heteroatoms. The summed E-state index contributed by atoms with van der Waals surface area (Å²) in [4.78, 5) is 3.62. The van der Waals surface area contributed by atoms with Crippen LogP contribution in [0, 0.1) is 0 Å². The van der Waals surface area contributed by atoms with Gasteiger partial charge in [-0.05, 0) is 23.4 Å². The van der Waals surface area contributed by atoms with E-state index in [9.17, 15) is 13.2 Å². The molecule has 98 valence electrons. The molecular weight excluding hydrogens is 273 g/mol. The van der Waals surface area contributed by atoms with Gasteiger partial charge in [0.15, 0.2) is 0 Å². The van der Waals surface area contributed by atoms with Crippen LogP contribution in [0.5, 0.6) is 0 Å². The molecule has 1 aromatic heterocycles. The molecule has 18 heavy (non-hydrogen) atoms. The minimum Gasteiger partial charge on any atom is -0.365 e. The molecule has 0 aliphatic heterocycles. The highest BCUT2D eigenvalue weighted by molar-refractivity contribution is 6.30. The molecule has 0 saturated heterocycles. The summed E-state index contributed by atoms with van der Waals surface area (Å²) in [6, 6.07) is 2.95. The Bertz CT molecular complexity index is 555. The summed E-state index contributed by atoms with van der Waals surface area (Å²) in [6.45, 7) is 0. The Morgan fingerprint density at radius 2 is 1.89 bits per heavy atom. The number of nitrogens with zero attached hydrogens (tertiary/aromatic N) is 2. The third-order valence-corrected chi connectivity index (χ3v) is 2.13. The van der Waals surface area contributed by atoms with E-state index >= 15 is 0 Å². The van der Waals surface area contributed by atoms with E-state index in [1.54, 1.807) is 0 Å². The Labute approximate surface area is 104 Å². The predicted octanol–water partition coefficient (Wildman–Crippen LogP) is 3.15. The van der Waals surface area contributed by atoms with Crippen LogP contribution in [0.4, 0.5) is 19.1 Å². The summed E-state index contributed by atoms with van der Waals surface area (Å²) in [6.07, 6.45) is -4.49. The number of rotatable bonds is 1. The average molecular weight is 281 g/mol. The first kappa shape index (κ1) is 14.3. The topological polar surface area (TPSA) is 99.9 Å². The van der Waals surface area contributed by atoms with Crippen LogP contribution in [0.15, 0.2) is 22.7 Å². The van der Waals surface area contributed by atoms with E-state index in [0.29, 0.717) is 0 Å². The average Bonchev–Trinajstić information content (AvgIpc) is 2.62. The van der Waals surface area contributed by atoms with E-state index in [0.717, 1.165) is 12.1 Å². The van der Waals surface area contributed by atoms with Gasteiger partial charge in [0, 0.05) is 10.6 Å². The normalized spacial score (nSPS) is 11.1. The molecule has 0 amide bonds. The van der Waals surface area contributed by atoms with E-state index in [1.165, 1.54) is 6.07 Å². The zero-order valence-corrected chi connectivity index (χ0v) is 9.59. The molecule has 5 N–H and O–H groups in total. The molecule has 0 saturated carbocycles. The van der Waals surface area contributed by atoms with Crippen molar-refractivity contribution in [1.82, 2.24) is 16.3 Å². The van der Waals surface area contributed by atoms with Gasteiger partial charge in [-0.25, -0.2) is 0 Å². The molecule has 0 fully saturated rings. The van der Waals surface area contributed by atoms with E-state index in [2.05, 4.69) is 14.7 Å². The van der Waals surface area contributed by atoms with Crippen LogP contribution in [0.25, 0.3) is 11.5 Å². The van der Waals surface area contributed by atoms with Crippen molar-refractivity contribution in [2.75, 3.05) is 5.73 Å². The van der Waals surface area contributed by atoms with Gasteiger partial charge in [-0.15, -0.1) is 0 Å². The fourth-order valence-electron chi connectivity index (χ4n) is 1.23. The first-order valence-corrected chi connectivity index (χ1v) is 4.71. The van der Waals surface area contributed by atoms with Crippen molar-refractivity contribution in [3.63, 3.8) is 0 Å². The third kappa shape index (κ3) is 2.90. The fourth-order valence-corrected chi connectivity index (χ4v) is 1.46. The van der Waals surface area contributed by atoms with Crippen molar-refractivity contribution in [2.45, 2.75) is 6.18 Å². The maximum absolute atomic E-state index is 12.5. The quantitative estimate of drug-likeness (QED) is 0.835. The van der Waals surface area contributed by atoms with Crippen LogP contribution in [-0.4, -0.2) is 10.1 Å². The lowest BCUT2D eigenvalue weighted by molar-refractivity contribution is -0.137. The molecule has 1 heterocycles. The third-order valence-electron chi connectivity index (χ3n) is 1.91. The van der Waals surface area contributed by atoms with E-state index in [-0.39, 0.29) is 28.6 Å². The molecule has 0 radical (unpaired) electrons. The van der Waals surface area contributed by atoms with E-state index in [4.69, 9.17) is 17.3 Å². The summed E-state index contributed by atoms with van der Waals surface area (Å²) in [5.74, 6) is -0.274. The Morgan fingerprint density at radius 1 is 1.22 bits per heavy atom. The summed E-state index contributed by atoms with van der Waals surface area (Å²) in [5.41, 5.74) is 4.38. The SMILES string of the molecule is N.Nc1noc(-c2cc(Cl)cc(C(F)(F)F)c2)n1. The van der Waals surface area contributed by atoms with Crippen molar-refractivity contribution < 1.29 is 17.7 Å². The number of benzene rings is 1. The molecule has 0 spiro atoms. The number of aromatic nitrogens is 2. The largest absolute Gasteiger partial charge is 0.416 e. The van der Waals surface area contributed by atoms with Gasteiger partial charge in [0.1, 0.15) is 0 Å². The Kier molecular flexibility index (Phi) is 3.82. The minimum atomic E-state index is -4.49. The number of hydrogen-bond donors (Lipinski definition) is 2. The molecule has 0 unspecified atom stereocenters. The number of anilines is 1. The van der Waals surface area contributed by atoms with E-state index < -0.39 is 11.7 Å². The number of nitrogen functional groups attached to an aromatic ring is 1. The van der Waals surface area contributed by atoms with Crippen molar-refractivity contribution >= 4 is 17.5 Å². The van der Waals surface area contributed by atoms with Gasteiger partial charge in [-0.1, -0.05) is 11.6 Å². The molecule has 0 aliphatic carbocycles. The maximum Gasteiger partial charge on any atom is 0.416 e. The second-order valence-corrected chi connectivity index (χ2v) is 3.62. The Hall–Kier alpha value is -1.80. The smallest absolute Gasteiger partial charge is 0.365 e. The lowest BCUT2D eigenvalue weighted by atomic mass is 10.1. The van der Waals surface area contributed by atoms with Crippen LogP contribution < -0.4 is 11.9 Å². The summed E-state index contributed by atoms with van der Waals surface area (Å²) in [5, 5.41) is 3.20. The number of alkyl halides is 3.